The van der Waals surface area contributed by atoms with Gasteiger partial charge in [-0.3, -0.25) is 4.68 Å². The zero-order valence-electron chi connectivity index (χ0n) is 8.16. The highest BCUT2D eigenvalue weighted by molar-refractivity contribution is 6.33. The minimum Gasteiger partial charge on any atom is -0.266 e. The maximum Gasteiger partial charge on any atom is 0.0865 e. The predicted molar refractivity (Wildman–Crippen MR) is 58.4 cm³/mol. The topological polar surface area (TPSA) is 17.8 Å². The van der Waals surface area contributed by atoms with Crippen molar-refractivity contribution in [2.24, 2.45) is 7.05 Å². The monoisotopic (exact) mass is 206 g/mol. The quantitative estimate of drug-likeness (QED) is 0.701. The van der Waals surface area contributed by atoms with Gasteiger partial charge in [0.15, 0.2) is 0 Å². The molecule has 14 heavy (non-hydrogen) atoms. The van der Waals surface area contributed by atoms with Crippen molar-refractivity contribution in [1.82, 2.24) is 9.78 Å². The minimum atomic E-state index is 0.693. The predicted octanol–water partition coefficient (Wildman–Crippen LogP) is 3.05. The van der Waals surface area contributed by atoms with E-state index in [4.69, 9.17) is 11.6 Å². The van der Waals surface area contributed by atoms with Gasteiger partial charge in [-0.05, 0) is 13.0 Å². The Hall–Kier alpha value is -1.28. The van der Waals surface area contributed by atoms with Crippen molar-refractivity contribution >= 4 is 11.6 Å². The first-order valence-electron chi connectivity index (χ1n) is 4.43. The van der Waals surface area contributed by atoms with Crippen molar-refractivity contribution in [1.29, 1.82) is 0 Å². The van der Waals surface area contributed by atoms with E-state index in [-0.39, 0.29) is 0 Å². The summed E-state index contributed by atoms with van der Waals surface area (Å²) >= 11 is 6.05. The molecule has 1 heterocycles. The second-order valence-electron chi connectivity index (χ2n) is 3.33. The molecule has 0 aliphatic rings. The van der Waals surface area contributed by atoms with Gasteiger partial charge in [-0.25, -0.2) is 0 Å². The summed E-state index contributed by atoms with van der Waals surface area (Å²) < 4.78 is 1.79. The van der Waals surface area contributed by atoms with Crippen LogP contribution in [0.25, 0.3) is 11.3 Å². The van der Waals surface area contributed by atoms with E-state index in [9.17, 15) is 0 Å². The molecular weight excluding hydrogens is 196 g/mol. The second-order valence-corrected chi connectivity index (χ2v) is 3.74. The molecule has 0 N–H and O–H groups in total. The Labute approximate surface area is 88.1 Å². The Morgan fingerprint density at radius 2 is 2.14 bits per heavy atom. The summed E-state index contributed by atoms with van der Waals surface area (Å²) in [5, 5.41) is 4.80. The molecule has 0 unspecified atom stereocenters. The van der Waals surface area contributed by atoms with E-state index >= 15 is 0 Å². The molecule has 1 aromatic carbocycles. The van der Waals surface area contributed by atoms with Crippen LogP contribution in [0, 0.1) is 6.92 Å². The number of benzene rings is 1. The summed E-state index contributed by atoms with van der Waals surface area (Å²) in [6, 6.07) is 8.22. The van der Waals surface area contributed by atoms with Crippen LogP contribution in [-0.4, -0.2) is 9.78 Å². The van der Waals surface area contributed by atoms with Gasteiger partial charge in [0.1, 0.15) is 0 Å². The third-order valence-electron chi connectivity index (χ3n) is 2.19. The first-order chi connectivity index (χ1) is 6.68. The smallest absolute Gasteiger partial charge is 0.0865 e. The lowest BCUT2D eigenvalue weighted by atomic mass is 10.1. The van der Waals surface area contributed by atoms with Gasteiger partial charge in [0, 0.05) is 12.6 Å². The van der Waals surface area contributed by atoms with Crippen molar-refractivity contribution in [3.63, 3.8) is 0 Å². The highest BCUT2D eigenvalue weighted by Crippen LogP contribution is 2.27. The van der Waals surface area contributed by atoms with Gasteiger partial charge in [-0.1, -0.05) is 35.4 Å². The molecule has 0 fully saturated rings. The SMILES string of the molecule is Cc1cccc(-c2c(Cl)cnn2C)c1. The average Bonchev–Trinajstić information content (AvgIpc) is 2.46. The van der Waals surface area contributed by atoms with E-state index in [2.05, 4.69) is 24.2 Å². The van der Waals surface area contributed by atoms with Crippen LogP contribution in [0.1, 0.15) is 5.56 Å². The van der Waals surface area contributed by atoms with Gasteiger partial charge < -0.3 is 0 Å². The molecule has 72 valence electrons. The molecule has 0 amide bonds. The normalized spacial score (nSPS) is 10.5. The standard InChI is InChI=1S/C11H11ClN2/c1-8-4-3-5-9(6-8)11-10(12)7-13-14(11)2/h3-7H,1-2H3. The molecule has 2 aromatic rings. The number of hydrogen-bond acceptors (Lipinski definition) is 1. The Kier molecular flexibility index (Phi) is 2.30. The van der Waals surface area contributed by atoms with E-state index in [1.54, 1.807) is 10.9 Å². The summed E-state index contributed by atoms with van der Waals surface area (Å²) in [5.41, 5.74) is 3.30. The molecule has 0 bridgehead atoms. The van der Waals surface area contributed by atoms with Crippen LogP contribution >= 0.6 is 11.6 Å². The van der Waals surface area contributed by atoms with E-state index in [0.717, 1.165) is 11.3 Å². The Balaban J connectivity index is 2.59. The lowest BCUT2D eigenvalue weighted by Crippen LogP contribution is -1.93. The Morgan fingerprint density at radius 1 is 1.36 bits per heavy atom. The largest absolute Gasteiger partial charge is 0.266 e. The summed E-state index contributed by atoms with van der Waals surface area (Å²) in [6.45, 7) is 2.06. The van der Waals surface area contributed by atoms with Crippen LogP contribution < -0.4 is 0 Å². The van der Waals surface area contributed by atoms with Gasteiger partial charge in [-0.2, -0.15) is 5.10 Å². The van der Waals surface area contributed by atoms with Gasteiger partial charge in [0.2, 0.25) is 0 Å². The van der Waals surface area contributed by atoms with Crippen molar-refractivity contribution in [3.05, 3.63) is 41.0 Å². The van der Waals surface area contributed by atoms with E-state index in [1.807, 2.05) is 19.2 Å². The van der Waals surface area contributed by atoms with Crippen LogP contribution in [0.2, 0.25) is 5.02 Å². The van der Waals surface area contributed by atoms with Gasteiger partial charge in [0.05, 0.1) is 16.9 Å². The molecule has 0 atom stereocenters. The maximum absolute atomic E-state index is 6.05. The number of halogens is 1. The summed E-state index contributed by atoms with van der Waals surface area (Å²) in [4.78, 5) is 0. The van der Waals surface area contributed by atoms with Crippen molar-refractivity contribution in [3.8, 4) is 11.3 Å². The molecule has 0 radical (unpaired) electrons. The molecule has 0 spiro atoms. The fourth-order valence-electron chi connectivity index (χ4n) is 1.53. The summed E-state index contributed by atoms with van der Waals surface area (Å²) in [6.07, 6.45) is 1.67. The van der Waals surface area contributed by atoms with Crippen LogP contribution in [0.15, 0.2) is 30.5 Å². The van der Waals surface area contributed by atoms with Crippen LogP contribution in [-0.2, 0) is 7.05 Å². The van der Waals surface area contributed by atoms with E-state index in [0.29, 0.717) is 5.02 Å². The van der Waals surface area contributed by atoms with Crippen molar-refractivity contribution < 1.29 is 0 Å². The molecule has 3 heteroatoms. The van der Waals surface area contributed by atoms with E-state index in [1.165, 1.54) is 5.56 Å². The molecule has 0 aliphatic heterocycles. The van der Waals surface area contributed by atoms with Gasteiger partial charge in [-0.15, -0.1) is 0 Å². The number of hydrogen-bond donors (Lipinski definition) is 0. The molecule has 2 nitrogen and oxygen atoms in total. The second kappa shape index (κ2) is 3.46. The molecule has 1 aromatic heterocycles. The number of rotatable bonds is 1. The van der Waals surface area contributed by atoms with E-state index < -0.39 is 0 Å². The van der Waals surface area contributed by atoms with Gasteiger partial charge >= 0.3 is 0 Å². The highest BCUT2D eigenvalue weighted by Gasteiger charge is 2.08. The number of nitrogens with zero attached hydrogens (tertiary/aromatic N) is 2. The van der Waals surface area contributed by atoms with Gasteiger partial charge in [0.25, 0.3) is 0 Å². The highest BCUT2D eigenvalue weighted by atomic mass is 35.5. The molecule has 0 aliphatic carbocycles. The molecule has 0 saturated carbocycles. The third kappa shape index (κ3) is 1.53. The average molecular weight is 207 g/mol. The number of aromatic nitrogens is 2. The molecular formula is C11H11ClN2. The zero-order valence-corrected chi connectivity index (χ0v) is 8.92. The third-order valence-corrected chi connectivity index (χ3v) is 2.46. The molecule has 2 rings (SSSR count). The Morgan fingerprint density at radius 3 is 2.71 bits per heavy atom. The van der Waals surface area contributed by atoms with Crippen LogP contribution in [0.4, 0.5) is 0 Å². The van der Waals surface area contributed by atoms with Crippen LogP contribution in [0.5, 0.6) is 0 Å². The maximum atomic E-state index is 6.05. The minimum absolute atomic E-state index is 0.693. The zero-order chi connectivity index (χ0) is 10.1. The number of aryl methyl sites for hydroxylation is 2. The summed E-state index contributed by atoms with van der Waals surface area (Å²) in [7, 11) is 1.89. The van der Waals surface area contributed by atoms with Crippen molar-refractivity contribution in [2.75, 3.05) is 0 Å². The lowest BCUT2D eigenvalue weighted by molar-refractivity contribution is 0.776. The summed E-state index contributed by atoms with van der Waals surface area (Å²) in [5.74, 6) is 0. The fraction of sp³-hybridized carbons (Fsp3) is 0.182. The lowest BCUT2D eigenvalue weighted by Gasteiger charge is -2.03. The first kappa shape index (κ1) is 9.28. The van der Waals surface area contributed by atoms with Crippen molar-refractivity contribution in [2.45, 2.75) is 6.92 Å². The fourth-order valence-corrected chi connectivity index (χ4v) is 1.80. The van der Waals surface area contributed by atoms with Crippen LogP contribution in [0.3, 0.4) is 0 Å². The molecule has 0 saturated heterocycles. The Bertz CT molecular complexity index is 441. The first-order valence-corrected chi connectivity index (χ1v) is 4.81.